The molecule has 0 radical (unpaired) electrons. The number of esters is 1. The van der Waals surface area contributed by atoms with Crippen molar-refractivity contribution in [3.63, 3.8) is 0 Å². The monoisotopic (exact) mass is 336 g/mol. The minimum atomic E-state index is -0.926. The summed E-state index contributed by atoms with van der Waals surface area (Å²) >= 11 is 5.77. The number of benzene rings is 1. The number of carbonyl (C=O) groups excluding carboxylic acids is 3. The zero-order chi connectivity index (χ0) is 17.1. The molecule has 2 rings (SSSR count). The van der Waals surface area contributed by atoms with E-state index in [4.69, 9.17) is 16.3 Å². The number of anilines is 1. The minimum absolute atomic E-state index is 0.0475. The van der Waals surface area contributed by atoms with Gasteiger partial charge < -0.3 is 9.84 Å². The van der Waals surface area contributed by atoms with Gasteiger partial charge in [0.25, 0.3) is 5.91 Å². The first-order chi connectivity index (χ1) is 10.9. The molecule has 0 atom stereocenters. The van der Waals surface area contributed by atoms with Crippen molar-refractivity contribution < 1.29 is 24.2 Å². The van der Waals surface area contributed by atoms with Crippen molar-refractivity contribution in [2.45, 2.75) is 13.8 Å². The van der Waals surface area contributed by atoms with Crippen LogP contribution >= 0.6 is 11.6 Å². The van der Waals surface area contributed by atoms with Gasteiger partial charge in [0, 0.05) is 5.02 Å². The predicted octanol–water partition coefficient (Wildman–Crippen LogP) is 2.64. The number of hydrogen-bond acceptors (Lipinski definition) is 5. The highest BCUT2D eigenvalue weighted by Gasteiger charge is 2.39. The Labute approximate surface area is 136 Å². The molecule has 1 aliphatic heterocycles. The number of rotatable bonds is 4. The SMILES string of the molecule is CCOC(=O)C(C1=NC(=O)N(c2ccc(Cl)cc2)C1=O)=C(C)O. The van der Waals surface area contributed by atoms with Crippen molar-refractivity contribution in [2.24, 2.45) is 4.99 Å². The van der Waals surface area contributed by atoms with E-state index in [9.17, 15) is 19.5 Å². The lowest BCUT2D eigenvalue weighted by Crippen LogP contribution is -2.34. The van der Waals surface area contributed by atoms with Crippen molar-refractivity contribution >= 4 is 40.9 Å². The molecule has 1 heterocycles. The van der Waals surface area contributed by atoms with Gasteiger partial charge in [-0.1, -0.05) is 11.6 Å². The minimum Gasteiger partial charge on any atom is -0.512 e. The van der Waals surface area contributed by atoms with E-state index in [-0.39, 0.29) is 12.3 Å². The van der Waals surface area contributed by atoms with Gasteiger partial charge in [-0.05, 0) is 38.1 Å². The largest absolute Gasteiger partial charge is 0.512 e. The normalized spacial score (nSPS) is 15.4. The van der Waals surface area contributed by atoms with Gasteiger partial charge in [-0.2, -0.15) is 4.99 Å². The molecule has 7 nitrogen and oxygen atoms in total. The Morgan fingerprint density at radius 2 is 1.91 bits per heavy atom. The first-order valence-corrected chi connectivity index (χ1v) is 7.04. The van der Waals surface area contributed by atoms with Crippen molar-refractivity contribution in [3.8, 4) is 0 Å². The van der Waals surface area contributed by atoms with Gasteiger partial charge >= 0.3 is 12.0 Å². The quantitative estimate of drug-likeness (QED) is 0.518. The fourth-order valence-corrected chi connectivity index (χ4v) is 2.11. The summed E-state index contributed by atoms with van der Waals surface area (Å²) in [5.41, 5.74) is -0.632. The number of carbonyl (C=O) groups is 3. The van der Waals surface area contributed by atoms with Gasteiger partial charge in [0.2, 0.25) is 0 Å². The highest BCUT2D eigenvalue weighted by Crippen LogP contribution is 2.24. The van der Waals surface area contributed by atoms with Crippen LogP contribution in [0.2, 0.25) is 5.02 Å². The van der Waals surface area contributed by atoms with Crippen LogP contribution < -0.4 is 4.90 Å². The number of ether oxygens (including phenoxy) is 1. The first-order valence-electron chi connectivity index (χ1n) is 6.66. The third-order valence-corrected chi connectivity index (χ3v) is 3.22. The Bertz CT molecular complexity index is 733. The maximum atomic E-state index is 12.4. The summed E-state index contributed by atoms with van der Waals surface area (Å²) < 4.78 is 4.78. The smallest absolute Gasteiger partial charge is 0.355 e. The molecular formula is C15H13ClN2O5. The number of imide groups is 1. The summed E-state index contributed by atoms with van der Waals surface area (Å²) in [5.74, 6) is -2.21. The standard InChI is InChI=1S/C15H13ClN2O5/c1-3-23-14(21)11(8(2)19)12-13(20)18(15(22)17-12)10-6-4-9(16)5-7-10/h4-7,19H,3H2,1-2H3. The number of aliphatic hydroxyl groups is 1. The molecule has 1 N–H and O–H groups in total. The number of aliphatic imine (C=N–C) groups is 1. The molecule has 1 aliphatic rings. The zero-order valence-electron chi connectivity index (χ0n) is 12.4. The molecule has 23 heavy (non-hydrogen) atoms. The molecule has 1 aromatic rings. The van der Waals surface area contributed by atoms with E-state index >= 15 is 0 Å². The van der Waals surface area contributed by atoms with Gasteiger partial charge in [0.15, 0.2) is 5.71 Å². The second-order valence-electron chi connectivity index (χ2n) is 4.54. The molecule has 0 saturated heterocycles. The van der Waals surface area contributed by atoms with Crippen molar-refractivity contribution in [1.29, 1.82) is 0 Å². The van der Waals surface area contributed by atoms with Gasteiger partial charge in [0.05, 0.1) is 12.3 Å². The van der Waals surface area contributed by atoms with Gasteiger partial charge in [-0.15, -0.1) is 0 Å². The molecule has 0 saturated carbocycles. The zero-order valence-corrected chi connectivity index (χ0v) is 13.1. The fourth-order valence-electron chi connectivity index (χ4n) is 1.99. The average Bonchev–Trinajstić information content (AvgIpc) is 2.75. The van der Waals surface area contributed by atoms with Crippen LogP contribution in [0.4, 0.5) is 10.5 Å². The number of halogens is 1. The number of urea groups is 1. The molecule has 0 aromatic heterocycles. The highest BCUT2D eigenvalue weighted by atomic mass is 35.5. The molecule has 0 unspecified atom stereocenters. The topological polar surface area (TPSA) is 96.3 Å². The van der Waals surface area contributed by atoms with Crippen molar-refractivity contribution in [2.75, 3.05) is 11.5 Å². The molecule has 0 spiro atoms. The third kappa shape index (κ3) is 3.24. The number of allylic oxidation sites excluding steroid dienone is 1. The summed E-state index contributed by atoms with van der Waals surface area (Å²) in [5, 5.41) is 10.1. The maximum absolute atomic E-state index is 12.4. The van der Waals surface area contributed by atoms with Crippen molar-refractivity contribution in [1.82, 2.24) is 0 Å². The highest BCUT2D eigenvalue weighted by molar-refractivity contribution is 6.61. The molecule has 0 bridgehead atoms. The number of hydrogen-bond donors (Lipinski definition) is 1. The van der Waals surface area contributed by atoms with Crippen molar-refractivity contribution in [3.05, 3.63) is 40.6 Å². The lowest BCUT2D eigenvalue weighted by atomic mass is 10.1. The summed E-state index contributed by atoms with van der Waals surface area (Å²) in [7, 11) is 0. The van der Waals surface area contributed by atoms with E-state index in [1.54, 1.807) is 6.92 Å². The second kappa shape index (κ2) is 6.62. The van der Waals surface area contributed by atoms with Crippen LogP contribution in [0, 0.1) is 0 Å². The first kappa shape index (κ1) is 16.7. The van der Waals surface area contributed by atoms with Crippen LogP contribution in [0.3, 0.4) is 0 Å². The van der Waals surface area contributed by atoms with Crippen LogP contribution in [0.1, 0.15) is 13.8 Å². The third-order valence-electron chi connectivity index (χ3n) is 2.97. The average molecular weight is 337 g/mol. The van der Waals surface area contributed by atoms with Crippen LogP contribution in [0.15, 0.2) is 40.6 Å². The summed E-state index contributed by atoms with van der Waals surface area (Å²) in [6.45, 7) is 2.83. The number of nitrogens with zero attached hydrogens (tertiary/aromatic N) is 2. The second-order valence-corrected chi connectivity index (χ2v) is 4.98. The van der Waals surface area contributed by atoms with E-state index in [1.165, 1.54) is 31.2 Å². The van der Waals surface area contributed by atoms with E-state index < -0.39 is 35.0 Å². The number of amides is 3. The fraction of sp³-hybridized carbons (Fsp3) is 0.200. The van der Waals surface area contributed by atoms with E-state index in [2.05, 4.69) is 4.99 Å². The summed E-state index contributed by atoms with van der Waals surface area (Å²) in [6.07, 6.45) is 0. The van der Waals surface area contributed by atoms with Gasteiger partial charge in [-0.3, -0.25) is 4.79 Å². The van der Waals surface area contributed by atoms with Gasteiger partial charge in [0.1, 0.15) is 11.3 Å². The van der Waals surface area contributed by atoms with Crippen LogP contribution in [0.25, 0.3) is 0 Å². The molecular weight excluding hydrogens is 324 g/mol. The predicted molar refractivity (Wildman–Crippen MR) is 83.7 cm³/mol. The molecule has 1 aromatic carbocycles. The van der Waals surface area contributed by atoms with E-state index in [0.29, 0.717) is 5.02 Å². The maximum Gasteiger partial charge on any atom is 0.355 e. The lowest BCUT2D eigenvalue weighted by Gasteiger charge is -2.13. The molecule has 120 valence electrons. The Balaban J connectivity index is 2.40. The Kier molecular flexibility index (Phi) is 4.80. The van der Waals surface area contributed by atoms with E-state index in [0.717, 1.165) is 4.90 Å². The van der Waals surface area contributed by atoms with Crippen LogP contribution in [-0.4, -0.2) is 35.3 Å². The number of aliphatic hydroxyl groups excluding tert-OH is 1. The summed E-state index contributed by atoms with van der Waals surface area (Å²) in [6, 6.07) is 5.09. The molecule has 0 aliphatic carbocycles. The lowest BCUT2D eigenvalue weighted by molar-refractivity contribution is -0.138. The molecule has 8 heteroatoms. The molecule has 3 amide bonds. The summed E-state index contributed by atoms with van der Waals surface area (Å²) in [4.78, 5) is 40.7. The molecule has 0 fully saturated rings. The van der Waals surface area contributed by atoms with Gasteiger partial charge in [-0.25, -0.2) is 14.5 Å². The Hall–Kier alpha value is -2.67. The van der Waals surface area contributed by atoms with E-state index in [1.807, 2.05) is 0 Å². The Morgan fingerprint density at radius 1 is 1.30 bits per heavy atom. The Morgan fingerprint density at radius 3 is 2.43 bits per heavy atom. The van der Waals surface area contributed by atoms with Crippen LogP contribution in [-0.2, 0) is 14.3 Å². The van der Waals surface area contributed by atoms with Crippen LogP contribution in [0.5, 0.6) is 0 Å².